The predicted molar refractivity (Wildman–Crippen MR) is 79.9 cm³/mol. The van der Waals surface area contributed by atoms with Crippen LogP contribution in [0, 0.1) is 11.6 Å². The van der Waals surface area contributed by atoms with Crippen molar-refractivity contribution in [1.29, 1.82) is 0 Å². The number of amides is 2. The Kier molecular flexibility index (Phi) is 5.02. The van der Waals surface area contributed by atoms with Gasteiger partial charge in [-0.2, -0.15) is 0 Å². The maximum atomic E-state index is 13.5. The van der Waals surface area contributed by atoms with Gasteiger partial charge in [0.1, 0.15) is 11.6 Å². The molecule has 120 valence electrons. The highest BCUT2D eigenvalue weighted by Crippen LogP contribution is 2.15. The first-order valence-electron chi connectivity index (χ1n) is 6.61. The standard InChI is InChI=1S/C16H14F2N2O3/c1-20(23-2)16(22)10-3-6-12(7-4-10)19-15(21)13-9-11(17)5-8-14(13)18/h3-9H,1-2H3,(H,19,21). The van der Waals surface area contributed by atoms with Crippen LogP contribution in [0.2, 0.25) is 0 Å². The number of hydroxylamine groups is 2. The van der Waals surface area contributed by atoms with E-state index in [9.17, 15) is 18.4 Å². The molecule has 0 aliphatic carbocycles. The lowest BCUT2D eigenvalue weighted by Crippen LogP contribution is -2.25. The summed E-state index contributed by atoms with van der Waals surface area (Å²) in [5.41, 5.74) is 0.295. The van der Waals surface area contributed by atoms with Crippen molar-refractivity contribution < 1.29 is 23.2 Å². The minimum atomic E-state index is -0.822. The van der Waals surface area contributed by atoms with Crippen LogP contribution in [0.15, 0.2) is 42.5 Å². The van der Waals surface area contributed by atoms with E-state index < -0.39 is 23.1 Å². The molecule has 0 radical (unpaired) electrons. The van der Waals surface area contributed by atoms with Gasteiger partial charge in [-0.3, -0.25) is 14.4 Å². The van der Waals surface area contributed by atoms with Gasteiger partial charge >= 0.3 is 0 Å². The Bertz CT molecular complexity index is 733. The summed E-state index contributed by atoms with van der Waals surface area (Å²) in [7, 11) is 2.82. The van der Waals surface area contributed by atoms with Gasteiger partial charge in [-0.1, -0.05) is 0 Å². The van der Waals surface area contributed by atoms with Crippen molar-refractivity contribution in [2.24, 2.45) is 0 Å². The molecule has 0 aliphatic heterocycles. The SMILES string of the molecule is CON(C)C(=O)c1ccc(NC(=O)c2cc(F)ccc2F)cc1. The molecule has 2 aromatic carbocycles. The van der Waals surface area contributed by atoms with Crippen molar-refractivity contribution in [3.63, 3.8) is 0 Å². The third-order valence-corrected chi connectivity index (χ3v) is 3.12. The zero-order valence-electron chi connectivity index (χ0n) is 12.5. The van der Waals surface area contributed by atoms with E-state index in [1.165, 1.54) is 38.4 Å². The molecular formula is C16H14F2N2O3. The topological polar surface area (TPSA) is 58.6 Å². The molecule has 0 atom stereocenters. The molecule has 2 rings (SSSR count). The van der Waals surface area contributed by atoms with Crippen LogP contribution in [0.4, 0.5) is 14.5 Å². The number of rotatable bonds is 4. The lowest BCUT2D eigenvalue weighted by Gasteiger charge is -2.13. The molecule has 0 saturated heterocycles. The maximum Gasteiger partial charge on any atom is 0.277 e. The quantitative estimate of drug-likeness (QED) is 0.881. The van der Waals surface area contributed by atoms with Crippen LogP contribution < -0.4 is 5.32 Å². The smallest absolute Gasteiger partial charge is 0.277 e. The second kappa shape index (κ2) is 6.97. The fraction of sp³-hybridized carbons (Fsp3) is 0.125. The number of carbonyl (C=O) groups is 2. The van der Waals surface area contributed by atoms with E-state index in [0.717, 1.165) is 23.3 Å². The van der Waals surface area contributed by atoms with Crippen LogP contribution in [0.1, 0.15) is 20.7 Å². The Hall–Kier alpha value is -2.80. The van der Waals surface area contributed by atoms with Crippen molar-refractivity contribution in [2.75, 3.05) is 19.5 Å². The number of nitrogens with one attached hydrogen (secondary N) is 1. The summed E-state index contributed by atoms with van der Waals surface area (Å²) >= 11 is 0. The molecule has 0 aromatic heterocycles. The zero-order valence-corrected chi connectivity index (χ0v) is 12.5. The van der Waals surface area contributed by atoms with Crippen LogP contribution in [0.5, 0.6) is 0 Å². The molecule has 0 heterocycles. The van der Waals surface area contributed by atoms with Crippen LogP contribution in [-0.2, 0) is 4.84 Å². The lowest BCUT2D eigenvalue weighted by atomic mass is 10.1. The molecule has 0 saturated carbocycles. The highest BCUT2D eigenvalue weighted by molar-refractivity contribution is 6.04. The molecule has 5 nitrogen and oxygen atoms in total. The van der Waals surface area contributed by atoms with E-state index in [0.29, 0.717) is 11.3 Å². The Morgan fingerprint density at radius 2 is 1.74 bits per heavy atom. The first-order chi connectivity index (χ1) is 10.9. The van der Waals surface area contributed by atoms with Crippen molar-refractivity contribution in [3.8, 4) is 0 Å². The van der Waals surface area contributed by atoms with Crippen LogP contribution >= 0.6 is 0 Å². The van der Waals surface area contributed by atoms with Gasteiger partial charge in [-0.15, -0.1) is 0 Å². The first-order valence-corrected chi connectivity index (χ1v) is 6.61. The number of carbonyl (C=O) groups excluding carboxylic acids is 2. The van der Waals surface area contributed by atoms with Gasteiger partial charge in [0.25, 0.3) is 11.8 Å². The van der Waals surface area contributed by atoms with Gasteiger partial charge in [0.15, 0.2) is 0 Å². The summed E-state index contributed by atoms with van der Waals surface area (Å²) in [5.74, 6) is -2.67. The molecule has 0 aliphatic rings. The molecular weight excluding hydrogens is 306 g/mol. The summed E-state index contributed by atoms with van der Waals surface area (Å²) in [6.07, 6.45) is 0. The maximum absolute atomic E-state index is 13.5. The predicted octanol–water partition coefficient (Wildman–Crippen LogP) is 2.85. The minimum Gasteiger partial charge on any atom is -0.322 e. The van der Waals surface area contributed by atoms with Crippen LogP contribution in [-0.4, -0.2) is 31.0 Å². The zero-order chi connectivity index (χ0) is 17.0. The fourth-order valence-electron chi connectivity index (χ4n) is 1.83. The Morgan fingerprint density at radius 3 is 2.35 bits per heavy atom. The van der Waals surface area contributed by atoms with Crippen LogP contribution in [0.3, 0.4) is 0 Å². The number of hydrogen-bond acceptors (Lipinski definition) is 3. The molecule has 23 heavy (non-hydrogen) atoms. The van der Waals surface area contributed by atoms with Gasteiger partial charge in [0.05, 0.1) is 12.7 Å². The molecule has 7 heteroatoms. The molecule has 1 N–H and O–H groups in total. The van der Waals surface area contributed by atoms with E-state index >= 15 is 0 Å². The van der Waals surface area contributed by atoms with Gasteiger partial charge in [-0.25, -0.2) is 13.8 Å². The number of hydrogen-bond donors (Lipinski definition) is 1. The lowest BCUT2D eigenvalue weighted by molar-refractivity contribution is -0.0756. The van der Waals surface area contributed by atoms with Crippen LogP contribution in [0.25, 0.3) is 0 Å². The molecule has 2 aromatic rings. The molecule has 0 fully saturated rings. The van der Waals surface area contributed by atoms with Crippen molar-refractivity contribution in [3.05, 3.63) is 65.2 Å². The average molecular weight is 320 g/mol. The second-order valence-corrected chi connectivity index (χ2v) is 4.64. The molecule has 2 amide bonds. The Balaban J connectivity index is 2.13. The summed E-state index contributed by atoms with van der Waals surface area (Å²) in [5, 5.41) is 3.49. The summed E-state index contributed by atoms with van der Waals surface area (Å²) in [4.78, 5) is 28.6. The Labute approximate surface area is 131 Å². The summed E-state index contributed by atoms with van der Waals surface area (Å²) < 4.78 is 26.6. The van der Waals surface area contributed by atoms with Crippen molar-refractivity contribution >= 4 is 17.5 Å². The average Bonchev–Trinajstić information content (AvgIpc) is 2.56. The number of halogens is 2. The second-order valence-electron chi connectivity index (χ2n) is 4.64. The molecule has 0 bridgehead atoms. The highest BCUT2D eigenvalue weighted by Gasteiger charge is 2.14. The van der Waals surface area contributed by atoms with Gasteiger partial charge in [0, 0.05) is 18.3 Å². The van der Waals surface area contributed by atoms with Gasteiger partial charge < -0.3 is 5.32 Å². The minimum absolute atomic E-state index is 0.343. The van der Waals surface area contributed by atoms with Gasteiger partial charge in [0.2, 0.25) is 0 Å². The van der Waals surface area contributed by atoms with E-state index in [-0.39, 0.29) is 5.91 Å². The van der Waals surface area contributed by atoms with E-state index in [4.69, 9.17) is 4.84 Å². The molecule has 0 unspecified atom stereocenters. The summed E-state index contributed by atoms with van der Waals surface area (Å²) in [6.45, 7) is 0. The monoisotopic (exact) mass is 320 g/mol. The van der Waals surface area contributed by atoms with Crippen molar-refractivity contribution in [2.45, 2.75) is 0 Å². The largest absolute Gasteiger partial charge is 0.322 e. The number of anilines is 1. The first kappa shape index (κ1) is 16.6. The van der Waals surface area contributed by atoms with E-state index in [1.54, 1.807) is 0 Å². The number of nitrogens with zero attached hydrogens (tertiary/aromatic N) is 1. The normalized spacial score (nSPS) is 10.3. The third kappa shape index (κ3) is 3.89. The third-order valence-electron chi connectivity index (χ3n) is 3.12. The fourth-order valence-corrected chi connectivity index (χ4v) is 1.83. The molecule has 0 spiro atoms. The van der Waals surface area contributed by atoms with Crippen molar-refractivity contribution in [1.82, 2.24) is 5.06 Å². The van der Waals surface area contributed by atoms with E-state index in [2.05, 4.69) is 5.32 Å². The Morgan fingerprint density at radius 1 is 1.09 bits per heavy atom. The van der Waals surface area contributed by atoms with Gasteiger partial charge in [-0.05, 0) is 42.5 Å². The number of benzene rings is 2. The summed E-state index contributed by atoms with van der Waals surface area (Å²) in [6, 6.07) is 8.55. The highest BCUT2D eigenvalue weighted by atomic mass is 19.1. The van der Waals surface area contributed by atoms with E-state index in [1.807, 2.05) is 0 Å².